The van der Waals surface area contributed by atoms with Gasteiger partial charge < -0.3 is 0 Å². The molecule has 1 saturated heterocycles. The van der Waals surface area contributed by atoms with Gasteiger partial charge in [0, 0.05) is 0 Å². The van der Waals surface area contributed by atoms with E-state index in [1.807, 2.05) is 0 Å². The average molecular weight is 407 g/mol. The number of methoxy groups -OCH3 is 1. The second kappa shape index (κ2) is 8.12. The molecular weight excluding hydrogens is 383 g/mol. The Balaban J connectivity index is 1.77. The summed E-state index contributed by atoms with van der Waals surface area (Å²) in [6.07, 6.45) is 0. The Kier molecular flexibility index (Phi) is 5.43. The van der Waals surface area contributed by atoms with Crippen molar-refractivity contribution >= 4 is 15.0 Å². The van der Waals surface area contributed by atoms with Gasteiger partial charge in [-0.2, -0.15) is 0 Å². The van der Waals surface area contributed by atoms with E-state index in [9.17, 15) is 0 Å². The predicted octanol–water partition coefficient (Wildman–Crippen LogP) is 5.90. The first-order valence-electron chi connectivity index (χ1n) is 9.18. The van der Waals surface area contributed by atoms with Crippen LogP contribution in [0, 0.1) is 0 Å². The van der Waals surface area contributed by atoms with Crippen LogP contribution in [0.25, 0.3) is 0 Å². The summed E-state index contributed by atoms with van der Waals surface area (Å²) in [6, 6.07) is 31.0. The first-order valence-corrected chi connectivity index (χ1v) is 11.6. The Hall–Kier alpha value is -2.02. The van der Waals surface area contributed by atoms with E-state index in [4.69, 9.17) is 4.74 Å². The van der Waals surface area contributed by atoms with E-state index < -0.39 is 0 Å². The van der Waals surface area contributed by atoms with Gasteiger partial charge in [-0.15, -0.1) is 0 Å². The van der Waals surface area contributed by atoms with Gasteiger partial charge in [-0.05, 0) is 0 Å². The molecule has 0 bridgehead atoms. The molecule has 0 spiro atoms. The van der Waals surface area contributed by atoms with Gasteiger partial charge >= 0.3 is 163 Å². The van der Waals surface area contributed by atoms with Crippen molar-refractivity contribution in [1.29, 1.82) is 0 Å². The molecule has 0 radical (unpaired) electrons. The summed E-state index contributed by atoms with van der Waals surface area (Å²) in [5.41, 5.74) is 4.40. The number of hydrogen-bond donors (Lipinski definition) is 0. The van der Waals surface area contributed by atoms with Gasteiger partial charge in [-0.25, -0.2) is 0 Å². The summed E-state index contributed by atoms with van der Waals surface area (Å²) in [7, 11) is 1.73. The molecule has 1 aliphatic heterocycles. The zero-order valence-electron chi connectivity index (χ0n) is 15.0. The summed E-state index contributed by atoms with van der Waals surface area (Å²) in [6.45, 7) is 0. The van der Waals surface area contributed by atoms with Gasteiger partial charge in [0.25, 0.3) is 0 Å². The molecule has 1 fully saturated rings. The molecule has 1 aliphatic rings. The molecule has 3 aromatic carbocycles. The SMILES string of the molecule is COc1ccc(C2C(c3ccccc3)C[Se]CC2c2ccccc2)cc1. The maximum absolute atomic E-state index is 5.38. The van der Waals surface area contributed by atoms with Gasteiger partial charge in [0.2, 0.25) is 0 Å². The molecule has 0 aromatic heterocycles. The number of ether oxygens (including phenoxy) is 1. The average Bonchev–Trinajstić information content (AvgIpc) is 2.74. The third-order valence-electron chi connectivity index (χ3n) is 5.42. The van der Waals surface area contributed by atoms with Crippen molar-refractivity contribution in [2.45, 2.75) is 28.4 Å². The third kappa shape index (κ3) is 3.58. The summed E-state index contributed by atoms with van der Waals surface area (Å²) in [4.78, 5) is 0. The van der Waals surface area contributed by atoms with Crippen molar-refractivity contribution in [3.63, 3.8) is 0 Å². The molecule has 3 aromatic rings. The van der Waals surface area contributed by atoms with Crippen LogP contribution in [0.5, 0.6) is 5.75 Å². The Bertz CT molecular complexity index is 766. The van der Waals surface area contributed by atoms with Crippen LogP contribution in [0.2, 0.25) is 10.6 Å². The fourth-order valence-corrected chi connectivity index (χ4v) is 7.14. The van der Waals surface area contributed by atoms with Gasteiger partial charge in [0.05, 0.1) is 0 Å². The van der Waals surface area contributed by atoms with Crippen molar-refractivity contribution in [2.75, 3.05) is 7.11 Å². The van der Waals surface area contributed by atoms with Crippen LogP contribution in [0.1, 0.15) is 34.4 Å². The van der Waals surface area contributed by atoms with E-state index in [0.29, 0.717) is 32.7 Å². The molecule has 4 rings (SSSR count). The van der Waals surface area contributed by atoms with Crippen molar-refractivity contribution in [2.24, 2.45) is 0 Å². The minimum absolute atomic E-state index is 0.515. The van der Waals surface area contributed by atoms with Crippen LogP contribution < -0.4 is 4.74 Å². The molecule has 1 heterocycles. The summed E-state index contributed by atoms with van der Waals surface area (Å²) in [5, 5.41) is 2.63. The van der Waals surface area contributed by atoms with E-state index in [-0.39, 0.29) is 0 Å². The monoisotopic (exact) mass is 408 g/mol. The molecule has 26 heavy (non-hydrogen) atoms. The van der Waals surface area contributed by atoms with Crippen LogP contribution in [0.3, 0.4) is 0 Å². The molecule has 0 aliphatic carbocycles. The molecular formula is C24H24OSe. The Morgan fingerprint density at radius 2 is 1.15 bits per heavy atom. The molecule has 132 valence electrons. The second-order valence-electron chi connectivity index (χ2n) is 6.87. The summed E-state index contributed by atoms with van der Waals surface area (Å²) < 4.78 is 5.38. The first kappa shape index (κ1) is 17.4. The van der Waals surface area contributed by atoms with Crippen molar-refractivity contribution in [1.82, 2.24) is 0 Å². The summed E-state index contributed by atoms with van der Waals surface area (Å²) in [5.74, 6) is 2.62. The van der Waals surface area contributed by atoms with Crippen molar-refractivity contribution < 1.29 is 4.74 Å². The second-order valence-corrected chi connectivity index (χ2v) is 9.13. The summed E-state index contributed by atoms with van der Waals surface area (Å²) >= 11 is 0.685. The van der Waals surface area contributed by atoms with E-state index >= 15 is 0 Å². The van der Waals surface area contributed by atoms with E-state index in [1.165, 1.54) is 27.3 Å². The predicted molar refractivity (Wildman–Crippen MR) is 109 cm³/mol. The van der Waals surface area contributed by atoms with Gasteiger partial charge in [0.1, 0.15) is 0 Å². The molecule has 2 heteroatoms. The first-order chi connectivity index (χ1) is 12.9. The van der Waals surface area contributed by atoms with E-state index in [1.54, 1.807) is 7.11 Å². The minimum atomic E-state index is 0.515. The van der Waals surface area contributed by atoms with Gasteiger partial charge in [0.15, 0.2) is 0 Å². The number of benzene rings is 3. The molecule has 2 unspecified atom stereocenters. The standard InChI is InChI=1S/C24H24OSe/c1-25-21-14-12-20(13-15-21)24-22(18-8-4-2-5-9-18)16-26-17-23(24)19-10-6-3-7-11-19/h2-15,22-24H,16-17H2,1H3. The van der Waals surface area contributed by atoms with Gasteiger partial charge in [-0.3, -0.25) is 0 Å². The van der Waals surface area contributed by atoms with Crippen LogP contribution in [-0.4, -0.2) is 22.1 Å². The Labute approximate surface area is 162 Å². The number of rotatable bonds is 4. The van der Waals surface area contributed by atoms with E-state index in [2.05, 4.69) is 84.9 Å². The molecule has 0 N–H and O–H groups in total. The molecule has 0 amide bonds. The van der Waals surface area contributed by atoms with Crippen LogP contribution >= 0.6 is 0 Å². The van der Waals surface area contributed by atoms with Crippen molar-refractivity contribution in [3.05, 3.63) is 102 Å². The van der Waals surface area contributed by atoms with Crippen LogP contribution in [-0.2, 0) is 0 Å². The number of hydrogen-bond acceptors (Lipinski definition) is 1. The fourth-order valence-electron chi connectivity index (χ4n) is 4.11. The van der Waals surface area contributed by atoms with Crippen molar-refractivity contribution in [3.8, 4) is 5.75 Å². The van der Waals surface area contributed by atoms with Crippen LogP contribution in [0.15, 0.2) is 84.9 Å². The molecule has 2 atom stereocenters. The molecule has 1 nitrogen and oxygen atoms in total. The quantitative estimate of drug-likeness (QED) is 0.489. The zero-order valence-corrected chi connectivity index (χ0v) is 16.8. The Morgan fingerprint density at radius 3 is 1.62 bits per heavy atom. The van der Waals surface area contributed by atoms with E-state index in [0.717, 1.165) is 5.75 Å². The molecule has 0 saturated carbocycles. The maximum atomic E-state index is 5.38. The third-order valence-corrected chi connectivity index (χ3v) is 7.91. The topological polar surface area (TPSA) is 9.23 Å². The fraction of sp³-hybridized carbons (Fsp3) is 0.250. The van der Waals surface area contributed by atoms with Crippen LogP contribution in [0.4, 0.5) is 0 Å². The Morgan fingerprint density at radius 1 is 0.654 bits per heavy atom. The normalized spacial score (nSPS) is 22.7. The van der Waals surface area contributed by atoms with Gasteiger partial charge in [-0.1, -0.05) is 0 Å². The zero-order chi connectivity index (χ0) is 17.8.